The normalized spacial score (nSPS) is 13.7. The molecule has 0 fully saturated rings. The van der Waals surface area contributed by atoms with Gasteiger partial charge in [-0.25, -0.2) is 4.79 Å². The van der Waals surface area contributed by atoms with Crippen molar-refractivity contribution in [1.29, 1.82) is 0 Å². The van der Waals surface area contributed by atoms with E-state index < -0.39 is 0 Å². The van der Waals surface area contributed by atoms with Crippen molar-refractivity contribution in [2.75, 3.05) is 6.61 Å². The van der Waals surface area contributed by atoms with Crippen molar-refractivity contribution in [3.63, 3.8) is 0 Å². The highest BCUT2D eigenvalue weighted by molar-refractivity contribution is 5.23. The van der Waals surface area contributed by atoms with Gasteiger partial charge in [0.05, 0.1) is 5.60 Å². The first kappa shape index (κ1) is 23.1. The number of aromatic amines is 1. The molecule has 1 unspecified atom stereocenters. The van der Waals surface area contributed by atoms with Gasteiger partial charge in [0.2, 0.25) is 0 Å². The van der Waals surface area contributed by atoms with Gasteiger partial charge in [-0.1, -0.05) is 70.9 Å². The molecule has 0 saturated heterocycles. The lowest BCUT2D eigenvalue weighted by Gasteiger charge is -2.40. The van der Waals surface area contributed by atoms with E-state index in [2.05, 4.69) is 56.9 Å². The minimum absolute atomic E-state index is 0.240. The van der Waals surface area contributed by atoms with Crippen molar-refractivity contribution in [3.8, 4) is 0 Å². The Morgan fingerprint density at radius 2 is 1.66 bits per heavy atom. The number of ether oxygens (including phenoxy) is 1. The van der Waals surface area contributed by atoms with E-state index in [1.807, 2.05) is 6.07 Å². The molecule has 0 spiro atoms. The van der Waals surface area contributed by atoms with E-state index in [0.29, 0.717) is 25.0 Å². The number of hydrogen-bond donors (Lipinski definition) is 1. The van der Waals surface area contributed by atoms with E-state index in [0.717, 1.165) is 32.1 Å². The monoisotopic (exact) mass is 400 g/mol. The van der Waals surface area contributed by atoms with Crippen LogP contribution in [0.4, 0.5) is 0 Å². The summed E-state index contributed by atoms with van der Waals surface area (Å²) in [7, 11) is 0. The zero-order chi connectivity index (χ0) is 21.3. The average molecular weight is 401 g/mol. The van der Waals surface area contributed by atoms with E-state index in [1.54, 1.807) is 0 Å². The van der Waals surface area contributed by atoms with Gasteiger partial charge in [-0.15, -0.1) is 0 Å². The van der Waals surface area contributed by atoms with Crippen LogP contribution in [0, 0.1) is 11.8 Å². The Labute approximate surface area is 174 Å². The number of unbranched alkanes of at least 4 members (excludes halogenated alkanes) is 3. The molecule has 2 rings (SSSR count). The summed E-state index contributed by atoms with van der Waals surface area (Å²) in [5.74, 6) is 0.920. The average Bonchev–Trinajstić information content (AvgIpc) is 2.68. The lowest BCUT2D eigenvalue weighted by atomic mass is 9.77. The van der Waals surface area contributed by atoms with E-state index in [9.17, 15) is 9.59 Å². The van der Waals surface area contributed by atoms with E-state index in [-0.39, 0.29) is 16.9 Å². The Hall–Kier alpha value is -2.14. The summed E-state index contributed by atoms with van der Waals surface area (Å²) < 4.78 is 7.84. The number of H-pyrrole nitrogens is 1. The molecular formula is C24H36N2O3. The molecule has 2 aromatic rings. The Morgan fingerprint density at radius 3 is 2.28 bits per heavy atom. The molecule has 5 nitrogen and oxygen atoms in total. The SMILES string of the molecule is CC(C)CC(OCCCCCCn1c(=O)cc[nH]c1=O)(c1ccccc1)C(C)C. The fourth-order valence-corrected chi connectivity index (χ4v) is 3.97. The van der Waals surface area contributed by atoms with Crippen molar-refractivity contribution in [2.24, 2.45) is 11.8 Å². The highest BCUT2D eigenvalue weighted by atomic mass is 16.5. The number of aromatic nitrogens is 2. The molecular weight excluding hydrogens is 364 g/mol. The maximum absolute atomic E-state index is 11.7. The Kier molecular flexibility index (Phi) is 8.90. The van der Waals surface area contributed by atoms with Crippen LogP contribution in [0.15, 0.2) is 52.2 Å². The maximum Gasteiger partial charge on any atom is 0.328 e. The second-order valence-electron chi connectivity index (χ2n) is 8.54. The summed E-state index contributed by atoms with van der Waals surface area (Å²) in [4.78, 5) is 26.0. The number of nitrogens with zero attached hydrogens (tertiary/aromatic N) is 1. The Morgan fingerprint density at radius 1 is 0.966 bits per heavy atom. The third-order valence-corrected chi connectivity index (χ3v) is 5.49. The van der Waals surface area contributed by atoms with Crippen molar-refractivity contribution in [1.82, 2.24) is 9.55 Å². The summed E-state index contributed by atoms with van der Waals surface area (Å²) in [5, 5.41) is 0. The lowest BCUT2D eigenvalue weighted by Crippen LogP contribution is -2.37. The minimum Gasteiger partial charge on any atom is -0.370 e. The summed E-state index contributed by atoms with van der Waals surface area (Å²) in [6.45, 7) is 10.1. The number of hydrogen-bond acceptors (Lipinski definition) is 3. The van der Waals surface area contributed by atoms with Crippen LogP contribution >= 0.6 is 0 Å². The molecule has 0 aliphatic carbocycles. The van der Waals surface area contributed by atoms with Crippen molar-refractivity contribution in [2.45, 2.75) is 71.9 Å². The fourth-order valence-electron chi connectivity index (χ4n) is 3.97. The fraction of sp³-hybridized carbons (Fsp3) is 0.583. The molecule has 1 N–H and O–H groups in total. The zero-order valence-electron chi connectivity index (χ0n) is 18.3. The van der Waals surface area contributed by atoms with Gasteiger partial charge >= 0.3 is 5.69 Å². The zero-order valence-corrected chi connectivity index (χ0v) is 18.3. The minimum atomic E-state index is -0.334. The molecule has 5 heteroatoms. The standard InChI is InChI=1S/C24H36N2O3/c1-19(2)18-24(20(3)4,21-12-8-7-9-13-21)29-17-11-6-5-10-16-26-22(27)14-15-25-23(26)28/h7-9,12-15,19-20H,5-6,10-11,16-18H2,1-4H3,(H,25,28). The van der Waals surface area contributed by atoms with Crippen LogP contribution in [0.3, 0.4) is 0 Å². The molecule has 0 saturated carbocycles. The third-order valence-electron chi connectivity index (χ3n) is 5.49. The van der Waals surface area contributed by atoms with Gasteiger partial charge in [0.15, 0.2) is 0 Å². The van der Waals surface area contributed by atoms with Crippen LogP contribution < -0.4 is 11.2 Å². The molecule has 1 heterocycles. The highest BCUT2D eigenvalue weighted by Crippen LogP contribution is 2.39. The number of nitrogens with one attached hydrogen (secondary N) is 1. The smallest absolute Gasteiger partial charge is 0.328 e. The molecule has 29 heavy (non-hydrogen) atoms. The molecule has 0 bridgehead atoms. The maximum atomic E-state index is 11.7. The van der Waals surface area contributed by atoms with Gasteiger partial charge < -0.3 is 9.72 Å². The van der Waals surface area contributed by atoms with Gasteiger partial charge in [-0.3, -0.25) is 9.36 Å². The first-order valence-corrected chi connectivity index (χ1v) is 10.8. The molecule has 1 atom stereocenters. The summed E-state index contributed by atoms with van der Waals surface area (Å²) in [5.41, 5.74) is 0.417. The molecule has 1 aromatic heterocycles. The van der Waals surface area contributed by atoms with Gasteiger partial charge in [0, 0.05) is 25.4 Å². The largest absolute Gasteiger partial charge is 0.370 e. The van der Waals surface area contributed by atoms with E-state index >= 15 is 0 Å². The molecule has 0 radical (unpaired) electrons. The van der Waals surface area contributed by atoms with Crippen LogP contribution in [0.2, 0.25) is 0 Å². The first-order valence-electron chi connectivity index (χ1n) is 10.8. The van der Waals surface area contributed by atoms with Crippen LogP contribution in [0.25, 0.3) is 0 Å². The van der Waals surface area contributed by atoms with Crippen LogP contribution in [-0.2, 0) is 16.9 Å². The predicted octanol–water partition coefficient (Wildman–Crippen LogP) is 4.71. The number of benzene rings is 1. The van der Waals surface area contributed by atoms with Crippen molar-refractivity contribution in [3.05, 3.63) is 69.0 Å². The molecule has 0 amide bonds. The Balaban J connectivity index is 1.87. The van der Waals surface area contributed by atoms with Gasteiger partial charge in [0.1, 0.15) is 0 Å². The summed E-state index contributed by atoms with van der Waals surface area (Å²) >= 11 is 0. The molecule has 0 aliphatic rings. The van der Waals surface area contributed by atoms with Crippen LogP contribution in [0.1, 0.15) is 65.4 Å². The van der Waals surface area contributed by atoms with Crippen LogP contribution in [-0.4, -0.2) is 16.2 Å². The van der Waals surface area contributed by atoms with Gasteiger partial charge in [0.25, 0.3) is 5.56 Å². The van der Waals surface area contributed by atoms with E-state index in [1.165, 1.54) is 22.4 Å². The quantitative estimate of drug-likeness (QED) is 0.525. The summed E-state index contributed by atoms with van der Waals surface area (Å²) in [6.07, 6.45) is 6.16. The first-order chi connectivity index (χ1) is 13.9. The second kappa shape index (κ2) is 11.1. The molecule has 0 aliphatic heterocycles. The molecule has 160 valence electrons. The van der Waals surface area contributed by atoms with Gasteiger partial charge in [-0.2, -0.15) is 0 Å². The van der Waals surface area contributed by atoms with E-state index in [4.69, 9.17) is 4.74 Å². The van der Waals surface area contributed by atoms with Gasteiger partial charge in [-0.05, 0) is 36.7 Å². The third kappa shape index (κ3) is 6.43. The van der Waals surface area contributed by atoms with Crippen molar-refractivity contribution >= 4 is 0 Å². The lowest BCUT2D eigenvalue weighted by molar-refractivity contribution is -0.0990. The highest BCUT2D eigenvalue weighted by Gasteiger charge is 2.37. The topological polar surface area (TPSA) is 64.1 Å². The van der Waals surface area contributed by atoms with Crippen LogP contribution in [0.5, 0.6) is 0 Å². The predicted molar refractivity (Wildman–Crippen MR) is 118 cm³/mol. The number of rotatable bonds is 12. The van der Waals surface area contributed by atoms with Crippen molar-refractivity contribution < 1.29 is 4.74 Å². The summed E-state index contributed by atoms with van der Waals surface area (Å²) in [6, 6.07) is 12.0. The second-order valence-corrected chi connectivity index (χ2v) is 8.54. The Bertz CT molecular complexity index is 811. The molecule has 1 aromatic carbocycles.